The highest BCUT2D eigenvalue weighted by Gasteiger charge is 2.33. The first-order valence-corrected chi connectivity index (χ1v) is 7.31. The lowest BCUT2D eigenvalue weighted by molar-refractivity contribution is -0.118. The number of aliphatic imine (C=N–C) groups is 1. The summed E-state index contributed by atoms with van der Waals surface area (Å²) in [7, 11) is 0. The standard InChI is InChI=1S/C16H19N3O2/c1-12-15(11-17-10-14-8-5-9-21-14)16(20)19(18-12)13-6-3-2-4-7-13/h2-4,6-7,11,14-15H,5,8-10H2,1H3/t14-,15-/m1/s1. The number of amides is 1. The Kier molecular flexibility index (Phi) is 4.10. The fourth-order valence-electron chi connectivity index (χ4n) is 2.58. The van der Waals surface area contributed by atoms with Gasteiger partial charge in [0.2, 0.25) is 0 Å². The quantitative estimate of drug-likeness (QED) is 0.797. The zero-order valence-corrected chi connectivity index (χ0v) is 12.1. The SMILES string of the molecule is CC1=NN(c2ccccc2)C(=O)[C@@H]1C=NC[C@H]1CCCO1. The highest BCUT2D eigenvalue weighted by molar-refractivity contribution is 6.23. The van der Waals surface area contributed by atoms with E-state index in [4.69, 9.17) is 4.74 Å². The number of hydrazone groups is 1. The summed E-state index contributed by atoms with van der Waals surface area (Å²) in [5, 5.41) is 5.81. The molecule has 1 aromatic rings. The van der Waals surface area contributed by atoms with Gasteiger partial charge in [-0.25, -0.2) is 0 Å². The van der Waals surface area contributed by atoms with Crippen molar-refractivity contribution in [3.8, 4) is 0 Å². The first-order chi connectivity index (χ1) is 10.3. The van der Waals surface area contributed by atoms with E-state index in [1.807, 2.05) is 37.3 Å². The average molecular weight is 285 g/mol. The summed E-state index contributed by atoms with van der Waals surface area (Å²) in [5.74, 6) is -0.401. The molecule has 2 heterocycles. The Labute approximate surface area is 124 Å². The molecule has 0 N–H and O–H groups in total. The van der Waals surface area contributed by atoms with Gasteiger partial charge in [0.1, 0.15) is 5.92 Å². The number of carbonyl (C=O) groups excluding carboxylic acids is 1. The molecule has 0 saturated carbocycles. The lowest BCUT2D eigenvalue weighted by atomic mass is 10.1. The van der Waals surface area contributed by atoms with E-state index < -0.39 is 0 Å². The van der Waals surface area contributed by atoms with Crippen LogP contribution in [0.3, 0.4) is 0 Å². The number of hydrogen-bond acceptors (Lipinski definition) is 4. The molecule has 3 rings (SSSR count). The molecule has 1 aromatic carbocycles. The zero-order valence-electron chi connectivity index (χ0n) is 12.1. The van der Waals surface area contributed by atoms with Gasteiger partial charge in [-0.15, -0.1) is 0 Å². The molecule has 1 fully saturated rings. The molecular formula is C16H19N3O2. The first kappa shape index (κ1) is 13.9. The van der Waals surface area contributed by atoms with Gasteiger partial charge >= 0.3 is 0 Å². The van der Waals surface area contributed by atoms with E-state index in [-0.39, 0.29) is 17.9 Å². The van der Waals surface area contributed by atoms with Crippen LogP contribution in [-0.2, 0) is 9.53 Å². The summed E-state index contributed by atoms with van der Waals surface area (Å²) in [5.41, 5.74) is 1.57. The second-order valence-electron chi connectivity index (χ2n) is 5.35. The lowest BCUT2D eigenvalue weighted by Gasteiger charge is -2.12. The molecule has 0 aromatic heterocycles. The second-order valence-corrected chi connectivity index (χ2v) is 5.35. The average Bonchev–Trinajstić information content (AvgIpc) is 3.11. The van der Waals surface area contributed by atoms with E-state index in [9.17, 15) is 4.79 Å². The van der Waals surface area contributed by atoms with Crippen LogP contribution in [0.4, 0.5) is 5.69 Å². The first-order valence-electron chi connectivity index (χ1n) is 7.31. The predicted octanol–water partition coefficient (Wildman–Crippen LogP) is 2.28. The summed E-state index contributed by atoms with van der Waals surface area (Å²) in [6.45, 7) is 3.32. The Morgan fingerprint density at radius 2 is 2.24 bits per heavy atom. The summed E-state index contributed by atoms with van der Waals surface area (Å²) >= 11 is 0. The molecule has 5 nitrogen and oxygen atoms in total. The maximum atomic E-state index is 12.4. The van der Waals surface area contributed by atoms with Crippen molar-refractivity contribution in [3.63, 3.8) is 0 Å². The highest BCUT2D eigenvalue weighted by Crippen LogP contribution is 2.22. The third kappa shape index (κ3) is 3.03. The van der Waals surface area contributed by atoms with Crippen molar-refractivity contribution in [2.75, 3.05) is 18.2 Å². The minimum Gasteiger partial charge on any atom is -0.376 e. The van der Waals surface area contributed by atoms with Gasteiger partial charge in [-0.05, 0) is 31.9 Å². The molecule has 0 radical (unpaired) electrons. The lowest BCUT2D eigenvalue weighted by Crippen LogP contribution is -2.28. The van der Waals surface area contributed by atoms with E-state index >= 15 is 0 Å². The van der Waals surface area contributed by atoms with Crippen LogP contribution in [0.25, 0.3) is 0 Å². The van der Waals surface area contributed by atoms with E-state index in [1.165, 1.54) is 5.01 Å². The number of rotatable bonds is 4. The minimum atomic E-state index is -0.355. The number of hydrogen-bond donors (Lipinski definition) is 0. The van der Waals surface area contributed by atoms with Crippen LogP contribution >= 0.6 is 0 Å². The molecule has 0 bridgehead atoms. The van der Waals surface area contributed by atoms with Crippen LogP contribution in [0.1, 0.15) is 19.8 Å². The Balaban J connectivity index is 1.66. The summed E-state index contributed by atoms with van der Waals surface area (Å²) in [4.78, 5) is 16.8. The molecule has 1 amide bonds. The zero-order chi connectivity index (χ0) is 14.7. The molecule has 5 heteroatoms. The fourth-order valence-corrected chi connectivity index (χ4v) is 2.58. The minimum absolute atomic E-state index is 0.0465. The predicted molar refractivity (Wildman–Crippen MR) is 82.9 cm³/mol. The third-order valence-corrected chi connectivity index (χ3v) is 3.77. The van der Waals surface area contributed by atoms with Crippen LogP contribution < -0.4 is 5.01 Å². The Morgan fingerprint density at radius 1 is 1.43 bits per heavy atom. The summed E-state index contributed by atoms with van der Waals surface area (Å²) < 4.78 is 5.52. The molecule has 2 atom stereocenters. The number of nitrogens with zero attached hydrogens (tertiary/aromatic N) is 3. The number of para-hydroxylation sites is 1. The van der Waals surface area contributed by atoms with Gasteiger partial charge in [0, 0.05) is 12.8 Å². The summed E-state index contributed by atoms with van der Waals surface area (Å²) in [6, 6.07) is 9.46. The van der Waals surface area contributed by atoms with Crippen LogP contribution in [-0.4, -0.2) is 37.1 Å². The molecule has 110 valence electrons. The van der Waals surface area contributed by atoms with Crippen molar-refractivity contribution in [2.45, 2.75) is 25.9 Å². The normalized spacial score (nSPS) is 25.9. The summed E-state index contributed by atoms with van der Waals surface area (Å²) in [6.07, 6.45) is 4.08. The van der Waals surface area contributed by atoms with Crippen molar-refractivity contribution in [1.82, 2.24) is 0 Å². The molecule has 1 saturated heterocycles. The van der Waals surface area contributed by atoms with Crippen molar-refractivity contribution in [2.24, 2.45) is 16.0 Å². The van der Waals surface area contributed by atoms with Gasteiger partial charge in [-0.2, -0.15) is 10.1 Å². The molecule has 21 heavy (non-hydrogen) atoms. The Morgan fingerprint density at radius 3 is 2.95 bits per heavy atom. The Bertz CT molecular complexity index is 562. The van der Waals surface area contributed by atoms with Gasteiger partial charge in [0.15, 0.2) is 0 Å². The fraction of sp³-hybridized carbons (Fsp3) is 0.438. The molecule has 0 unspecified atom stereocenters. The van der Waals surface area contributed by atoms with Gasteiger partial charge in [-0.1, -0.05) is 18.2 Å². The second kappa shape index (κ2) is 6.18. The van der Waals surface area contributed by atoms with Gasteiger partial charge in [-0.3, -0.25) is 9.79 Å². The van der Waals surface area contributed by atoms with E-state index in [0.717, 1.165) is 30.8 Å². The monoisotopic (exact) mass is 285 g/mol. The van der Waals surface area contributed by atoms with Crippen LogP contribution in [0.2, 0.25) is 0 Å². The number of anilines is 1. The maximum absolute atomic E-state index is 12.4. The van der Waals surface area contributed by atoms with Crippen molar-refractivity contribution >= 4 is 23.5 Å². The van der Waals surface area contributed by atoms with Gasteiger partial charge < -0.3 is 4.74 Å². The molecule has 2 aliphatic rings. The molecular weight excluding hydrogens is 266 g/mol. The number of ether oxygens (including phenoxy) is 1. The third-order valence-electron chi connectivity index (χ3n) is 3.77. The van der Waals surface area contributed by atoms with E-state index in [0.29, 0.717) is 6.54 Å². The largest absolute Gasteiger partial charge is 0.376 e. The van der Waals surface area contributed by atoms with E-state index in [2.05, 4.69) is 10.1 Å². The Hall–Kier alpha value is -2.01. The van der Waals surface area contributed by atoms with E-state index in [1.54, 1.807) is 6.21 Å². The van der Waals surface area contributed by atoms with Crippen molar-refractivity contribution < 1.29 is 9.53 Å². The molecule has 0 spiro atoms. The highest BCUT2D eigenvalue weighted by atomic mass is 16.5. The molecule has 0 aliphatic carbocycles. The number of carbonyl (C=O) groups is 1. The van der Waals surface area contributed by atoms with Gasteiger partial charge in [0.25, 0.3) is 5.91 Å². The van der Waals surface area contributed by atoms with Gasteiger partial charge in [0.05, 0.1) is 24.0 Å². The van der Waals surface area contributed by atoms with Crippen LogP contribution in [0.5, 0.6) is 0 Å². The topological polar surface area (TPSA) is 54.3 Å². The molecule has 2 aliphatic heterocycles. The smallest absolute Gasteiger partial charge is 0.261 e. The number of benzene rings is 1. The van der Waals surface area contributed by atoms with Crippen LogP contribution in [0.15, 0.2) is 40.4 Å². The van der Waals surface area contributed by atoms with Crippen LogP contribution in [0, 0.1) is 5.92 Å². The van der Waals surface area contributed by atoms with Crippen molar-refractivity contribution in [3.05, 3.63) is 30.3 Å². The van der Waals surface area contributed by atoms with Crippen molar-refractivity contribution in [1.29, 1.82) is 0 Å². The maximum Gasteiger partial charge on any atom is 0.261 e.